The van der Waals surface area contributed by atoms with Gasteiger partial charge in [-0.05, 0) is 37.0 Å². The van der Waals surface area contributed by atoms with Crippen LogP contribution in [0.3, 0.4) is 0 Å². The molecular weight excluding hydrogens is 216 g/mol. The highest BCUT2D eigenvalue weighted by Gasteiger charge is 2.16. The van der Waals surface area contributed by atoms with Gasteiger partial charge in [0.2, 0.25) is 0 Å². The van der Waals surface area contributed by atoms with Gasteiger partial charge in [0, 0.05) is 4.90 Å². The summed E-state index contributed by atoms with van der Waals surface area (Å²) in [5, 5.41) is 9.24. The first-order chi connectivity index (χ1) is 7.76. The Hall–Kier alpha value is -0.980. The smallest absolute Gasteiger partial charge is 0.123 e. The van der Waals surface area contributed by atoms with Gasteiger partial charge < -0.3 is 0 Å². The molecule has 1 aromatic rings. The Morgan fingerprint density at radius 3 is 2.19 bits per heavy atom. The minimum absolute atomic E-state index is 0.120. The topological polar surface area (TPSA) is 27.0 Å². The highest BCUT2D eigenvalue weighted by atomic mass is 32.2. The molecule has 2 nitrogen and oxygen atoms in total. The third kappa shape index (κ3) is 3.01. The second-order valence-electron chi connectivity index (χ2n) is 3.53. The molecule has 0 fully saturated rings. The Kier molecular flexibility index (Phi) is 5.37. The van der Waals surface area contributed by atoms with Crippen LogP contribution in [-0.4, -0.2) is 24.2 Å². The minimum atomic E-state index is -0.120. The van der Waals surface area contributed by atoms with Crippen molar-refractivity contribution >= 4 is 11.8 Å². The van der Waals surface area contributed by atoms with E-state index in [1.54, 1.807) is 11.8 Å². The highest BCUT2D eigenvalue weighted by Crippen LogP contribution is 2.22. The summed E-state index contributed by atoms with van der Waals surface area (Å²) in [6.45, 7) is 5.98. The monoisotopic (exact) mass is 234 g/mol. The predicted octanol–water partition coefficient (Wildman–Crippen LogP) is 3.31. The van der Waals surface area contributed by atoms with Crippen LogP contribution in [0.4, 0.5) is 0 Å². The fraction of sp³-hybridized carbons (Fsp3) is 0.462. The molecule has 0 amide bonds. The molecule has 0 saturated heterocycles. The van der Waals surface area contributed by atoms with Crippen LogP contribution in [0.1, 0.15) is 25.5 Å². The largest absolute Gasteiger partial charge is 0.285 e. The molecule has 1 aromatic carbocycles. The first-order valence-corrected chi connectivity index (χ1v) is 6.76. The number of nitriles is 1. The molecule has 16 heavy (non-hydrogen) atoms. The van der Waals surface area contributed by atoms with Crippen LogP contribution in [-0.2, 0) is 0 Å². The lowest BCUT2D eigenvalue weighted by atomic mass is 10.1. The Bertz CT molecular complexity index is 349. The summed E-state index contributed by atoms with van der Waals surface area (Å²) < 4.78 is 0. The molecule has 0 aliphatic carbocycles. The number of nitrogens with zero attached hydrogens (tertiary/aromatic N) is 2. The average Bonchev–Trinajstić information content (AvgIpc) is 2.36. The Labute approximate surface area is 102 Å². The Morgan fingerprint density at radius 1 is 1.25 bits per heavy atom. The van der Waals surface area contributed by atoms with Gasteiger partial charge in [0.25, 0.3) is 0 Å². The van der Waals surface area contributed by atoms with Gasteiger partial charge >= 0.3 is 0 Å². The van der Waals surface area contributed by atoms with Gasteiger partial charge in [-0.2, -0.15) is 5.26 Å². The number of hydrogen-bond acceptors (Lipinski definition) is 3. The molecule has 0 aliphatic rings. The highest BCUT2D eigenvalue weighted by molar-refractivity contribution is 7.98. The van der Waals surface area contributed by atoms with Crippen molar-refractivity contribution in [3.05, 3.63) is 29.8 Å². The summed E-state index contributed by atoms with van der Waals surface area (Å²) in [6, 6.07) is 10.5. The first-order valence-electron chi connectivity index (χ1n) is 5.54. The fourth-order valence-corrected chi connectivity index (χ4v) is 2.15. The van der Waals surface area contributed by atoms with Crippen LogP contribution in [0, 0.1) is 11.3 Å². The van der Waals surface area contributed by atoms with Crippen LogP contribution in [0.25, 0.3) is 0 Å². The van der Waals surface area contributed by atoms with Crippen molar-refractivity contribution in [1.82, 2.24) is 4.90 Å². The van der Waals surface area contributed by atoms with Crippen molar-refractivity contribution in [2.75, 3.05) is 19.3 Å². The fourth-order valence-electron chi connectivity index (χ4n) is 1.74. The van der Waals surface area contributed by atoms with Crippen molar-refractivity contribution in [2.45, 2.75) is 24.8 Å². The van der Waals surface area contributed by atoms with E-state index in [1.165, 1.54) is 4.90 Å². The van der Waals surface area contributed by atoms with Gasteiger partial charge in [-0.1, -0.05) is 26.0 Å². The zero-order valence-electron chi connectivity index (χ0n) is 10.1. The third-order valence-corrected chi connectivity index (χ3v) is 3.47. The SMILES string of the molecule is CCN(CC)C(C#N)c1ccc(SC)cc1. The van der Waals surface area contributed by atoms with E-state index in [0.29, 0.717) is 0 Å². The Morgan fingerprint density at radius 2 is 1.81 bits per heavy atom. The lowest BCUT2D eigenvalue weighted by molar-refractivity contribution is 0.262. The van der Waals surface area contributed by atoms with E-state index in [9.17, 15) is 5.26 Å². The molecule has 86 valence electrons. The van der Waals surface area contributed by atoms with Crippen LogP contribution in [0.5, 0.6) is 0 Å². The van der Waals surface area contributed by atoms with Crippen LogP contribution in [0.2, 0.25) is 0 Å². The molecule has 1 unspecified atom stereocenters. The second kappa shape index (κ2) is 6.57. The maximum Gasteiger partial charge on any atom is 0.123 e. The molecule has 0 aromatic heterocycles. The van der Waals surface area contributed by atoms with E-state index in [1.807, 2.05) is 0 Å². The number of benzene rings is 1. The van der Waals surface area contributed by atoms with Crippen molar-refractivity contribution in [1.29, 1.82) is 5.26 Å². The summed E-state index contributed by atoms with van der Waals surface area (Å²) in [5.74, 6) is 0. The standard InChI is InChI=1S/C13H18N2S/c1-4-15(5-2)13(10-14)11-6-8-12(16-3)9-7-11/h6-9,13H,4-5H2,1-3H3. The van der Waals surface area contributed by atoms with Crippen molar-refractivity contribution in [3.8, 4) is 6.07 Å². The van der Waals surface area contributed by atoms with E-state index in [-0.39, 0.29) is 6.04 Å². The lowest BCUT2D eigenvalue weighted by Gasteiger charge is -2.24. The summed E-state index contributed by atoms with van der Waals surface area (Å²) in [5.41, 5.74) is 1.09. The molecular formula is C13H18N2S. The molecule has 3 heteroatoms. The number of hydrogen-bond donors (Lipinski definition) is 0. The normalized spacial score (nSPS) is 12.4. The van der Waals surface area contributed by atoms with Gasteiger partial charge in [0.05, 0.1) is 6.07 Å². The summed E-state index contributed by atoms with van der Waals surface area (Å²) in [4.78, 5) is 3.40. The molecule has 0 heterocycles. The minimum Gasteiger partial charge on any atom is -0.285 e. The van der Waals surface area contributed by atoms with Crippen LogP contribution < -0.4 is 0 Å². The first kappa shape index (κ1) is 13.1. The average molecular weight is 234 g/mol. The maximum absolute atomic E-state index is 9.24. The molecule has 0 radical (unpaired) electrons. The van der Waals surface area contributed by atoms with Gasteiger partial charge in [-0.25, -0.2) is 0 Å². The number of thioether (sulfide) groups is 1. The van der Waals surface area contributed by atoms with Crippen molar-refractivity contribution < 1.29 is 0 Å². The summed E-state index contributed by atoms with van der Waals surface area (Å²) in [7, 11) is 0. The Balaban J connectivity index is 2.91. The van der Waals surface area contributed by atoms with Gasteiger partial charge in [0.1, 0.15) is 6.04 Å². The van der Waals surface area contributed by atoms with E-state index in [2.05, 4.69) is 55.3 Å². The summed E-state index contributed by atoms with van der Waals surface area (Å²) >= 11 is 1.72. The molecule has 1 rings (SSSR count). The maximum atomic E-state index is 9.24. The quantitative estimate of drug-likeness (QED) is 0.731. The van der Waals surface area contributed by atoms with Crippen molar-refractivity contribution in [2.24, 2.45) is 0 Å². The number of rotatable bonds is 5. The molecule has 0 bridgehead atoms. The predicted molar refractivity (Wildman–Crippen MR) is 69.5 cm³/mol. The van der Waals surface area contributed by atoms with E-state index >= 15 is 0 Å². The molecule has 0 saturated carbocycles. The zero-order valence-corrected chi connectivity index (χ0v) is 10.9. The molecule has 0 aliphatic heterocycles. The van der Waals surface area contributed by atoms with Crippen molar-refractivity contribution in [3.63, 3.8) is 0 Å². The van der Waals surface area contributed by atoms with E-state index in [4.69, 9.17) is 0 Å². The van der Waals surface area contributed by atoms with Crippen LogP contribution >= 0.6 is 11.8 Å². The van der Waals surface area contributed by atoms with E-state index < -0.39 is 0 Å². The van der Waals surface area contributed by atoms with Gasteiger partial charge in [-0.3, -0.25) is 4.90 Å². The van der Waals surface area contributed by atoms with Gasteiger partial charge in [0.15, 0.2) is 0 Å². The lowest BCUT2D eigenvalue weighted by Crippen LogP contribution is -2.27. The molecule has 0 N–H and O–H groups in total. The summed E-state index contributed by atoms with van der Waals surface area (Å²) in [6.07, 6.45) is 2.06. The zero-order chi connectivity index (χ0) is 12.0. The molecule has 1 atom stereocenters. The van der Waals surface area contributed by atoms with Gasteiger partial charge in [-0.15, -0.1) is 11.8 Å². The van der Waals surface area contributed by atoms with Crippen LogP contribution in [0.15, 0.2) is 29.2 Å². The second-order valence-corrected chi connectivity index (χ2v) is 4.41. The third-order valence-electron chi connectivity index (χ3n) is 2.73. The molecule has 0 spiro atoms. The van der Waals surface area contributed by atoms with E-state index in [0.717, 1.165) is 18.7 Å².